The van der Waals surface area contributed by atoms with E-state index in [0.717, 1.165) is 32.1 Å². The molecule has 0 aliphatic heterocycles. The summed E-state index contributed by atoms with van der Waals surface area (Å²) >= 11 is 0. The van der Waals surface area contributed by atoms with Crippen LogP contribution >= 0.6 is 0 Å². The number of benzene rings is 1. The molecule has 160 valence electrons. The third kappa shape index (κ3) is 5.91. The second kappa shape index (κ2) is 10.4. The largest absolute Gasteiger partial charge is 0.480 e. The Bertz CT molecular complexity index is 700. The lowest BCUT2D eigenvalue weighted by Gasteiger charge is -2.19. The number of aliphatic hydroxyl groups is 2. The van der Waals surface area contributed by atoms with E-state index in [4.69, 9.17) is 9.84 Å². The van der Waals surface area contributed by atoms with E-state index in [9.17, 15) is 15.0 Å². The zero-order valence-corrected chi connectivity index (χ0v) is 17.2. The van der Waals surface area contributed by atoms with Gasteiger partial charge in [-0.15, -0.1) is 0 Å². The molecule has 0 radical (unpaired) electrons. The predicted octanol–water partition coefficient (Wildman–Crippen LogP) is 3.22. The third-order valence-electron chi connectivity index (χ3n) is 6.71. The smallest absolute Gasteiger partial charge is 0.329 e. The lowest BCUT2D eigenvalue weighted by Crippen LogP contribution is -2.19. The summed E-state index contributed by atoms with van der Waals surface area (Å²) in [5.74, 6) is 0.661. The molecule has 0 bridgehead atoms. The molecule has 5 nitrogen and oxygen atoms in total. The maximum atomic E-state index is 10.5. The molecular formula is C24H34O5. The molecule has 2 aliphatic carbocycles. The summed E-state index contributed by atoms with van der Waals surface area (Å²) in [5, 5.41) is 29.7. The molecule has 6 atom stereocenters. The Labute approximate surface area is 173 Å². The van der Waals surface area contributed by atoms with Crippen molar-refractivity contribution in [3.05, 3.63) is 47.5 Å². The van der Waals surface area contributed by atoms with Crippen molar-refractivity contribution >= 4 is 5.97 Å². The van der Waals surface area contributed by atoms with Crippen LogP contribution in [0.15, 0.2) is 36.4 Å². The van der Waals surface area contributed by atoms with Crippen LogP contribution < -0.4 is 0 Å². The zero-order chi connectivity index (χ0) is 20.8. The Morgan fingerprint density at radius 1 is 1.24 bits per heavy atom. The van der Waals surface area contributed by atoms with Gasteiger partial charge in [0, 0.05) is 18.9 Å². The van der Waals surface area contributed by atoms with Gasteiger partial charge >= 0.3 is 5.97 Å². The summed E-state index contributed by atoms with van der Waals surface area (Å²) < 4.78 is 5.19. The summed E-state index contributed by atoms with van der Waals surface area (Å²) in [4.78, 5) is 10.5. The highest BCUT2D eigenvalue weighted by molar-refractivity contribution is 5.67. The molecule has 1 aromatic carbocycles. The van der Waals surface area contributed by atoms with E-state index in [1.54, 1.807) is 0 Å². The van der Waals surface area contributed by atoms with Gasteiger partial charge in [-0.3, -0.25) is 0 Å². The van der Waals surface area contributed by atoms with Gasteiger partial charge in [-0.25, -0.2) is 4.79 Å². The Balaban J connectivity index is 1.51. The molecule has 0 aromatic heterocycles. The Hall–Kier alpha value is -1.69. The van der Waals surface area contributed by atoms with Gasteiger partial charge in [0.05, 0.1) is 12.2 Å². The average molecular weight is 403 g/mol. The van der Waals surface area contributed by atoms with E-state index in [-0.39, 0.29) is 18.6 Å². The molecule has 0 spiro atoms. The van der Waals surface area contributed by atoms with Crippen molar-refractivity contribution in [2.24, 2.45) is 23.7 Å². The highest BCUT2D eigenvalue weighted by atomic mass is 16.5. The first-order valence-corrected chi connectivity index (χ1v) is 10.9. The number of aliphatic carboxylic acids is 1. The molecule has 0 heterocycles. The zero-order valence-electron chi connectivity index (χ0n) is 17.2. The highest BCUT2D eigenvalue weighted by Crippen LogP contribution is 2.51. The molecule has 29 heavy (non-hydrogen) atoms. The van der Waals surface area contributed by atoms with Crippen LogP contribution in [0.2, 0.25) is 0 Å². The quantitative estimate of drug-likeness (QED) is 0.413. The lowest BCUT2D eigenvalue weighted by atomic mass is 9.89. The molecular weight excluding hydrogens is 368 g/mol. The topological polar surface area (TPSA) is 87.0 Å². The highest BCUT2D eigenvalue weighted by Gasteiger charge is 2.46. The van der Waals surface area contributed by atoms with Gasteiger partial charge in [0.15, 0.2) is 0 Å². The van der Waals surface area contributed by atoms with Crippen LogP contribution in [0.4, 0.5) is 0 Å². The van der Waals surface area contributed by atoms with Crippen molar-refractivity contribution in [2.45, 2.75) is 57.7 Å². The van der Waals surface area contributed by atoms with Crippen molar-refractivity contribution in [1.82, 2.24) is 0 Å². The number of aliphatic hydroxyl groups excluding tert-OH is 2. The fourth-order valence-corrected chi connectivity index (χ4v) is 5.34. The van der Waals surface area contributed by atoms with Crippen molar-refractivity contribution in [2.75, 3.05) is 13.2 Å². The Kier molecular flexibility index (Phi) is 7.87. The monoisotopic (exact) mass is 402 g/mol. The van der Waals surface area contributed by atoms with Gasteiger partial charge < -0.3 is 20.1 Å². The van der Waals surface area contributed by atoms with E-state index < -0.39 is 12.1 Å². The van der Waals surface area contributed by atoms with Crippen LogP contribution in [0.3, 0.4) is 0 Å². The molecule has 2 saturated carbocycles. The fourth-order valence-electron chi connectivity index (χ4n) is 5.34. The normalized spacial score (nSPS) is 30.0. The maximum absolute atomic E-state index is 10.5. The molecule has 2 aliphatic rings. The first kappa shape index (κ1) is 22.0. The Morgan fingerprint density at radius 3 is 2.72 bits per heavy atom. The van der Waals surface area contributed by atoms with E-state index in [2.05, 4.69) is 19.1 Å². The summed E-state index contributed by atoms with van der Waals surface area (Å²) in [6.07, 6.45) is 8.40. The van der Waals surface area contributed by atoms with Crippen LogP contribution in [0.1, 0.15) is 43.7 Å². The fraction of sp³-hybridized carbons (Fsp3) is 0.625. The average Bonchev–Trinajstić information content (AvgIpc) is 3.20. The molecule has 0 amide bonds. The summed E-state index contributed by atoms with van der Waals surface area (Å²) in [5.41, 5.74) is 2.45. The molecule has 5 heteroatoms. The van der Waals surface area contributed by atoms with E-state index >= 15 is 0 Å². The number of hydrogen-bond donors (Lipinski definition) is 3. The number of aryl methyl sites for hydroxylation is 1. The second-order valence-corrected chi connectivity index (χ2v) is 8.66. The minimum Gasteiger partial charge on any atom is -0.480 e. The van der Waals surface area contributed by atoms with E-state index in [1.807, 2.05) is 24.3 Å². The molecule has 2 fully saturated rings. The number of fused-ring (bicyclic) bond motifs is 1. The third-order valence-corrected chi connectivity index (χ3v) is 6.71. The number of carboxylic acid groups (broad SMARTS) is 1. The minimum absolute atomic E-state index is 0.0982. The number of carboxylic acids is 1. The molecule has 3 N–H and O–H groups in total. The van der Waals surface area contributed by atoms with Crippen LogP contribution in [0.25, 0.3) is 0 Å². The summed E-state index contributed by atoms with van der Waals surface area (Å²) in [6.45, 7) is 2.37. The molecule has 0 saturated heterocycles. The first-order valence-electron chi connectivity index (χ1n) is 10.9. The van der Waals surface area contributed by atoms with Crippen molar-refractivity contribution < 1.29 is 24.9 Å². The first-order chi connectivity index (χ1) is 14.0. The number of ether oxygens (including phenoxy) is 1. The lowest BCUT2D eigenvalue weighted by molar-refractivity contribution is -0.142. The van der Waals surface area contributed by atoms with Gasteiger partial charge in [-0.2, -0.15) is 0 Å². The van der Waals surface area contributed by atoms with Crippen molar-refractivity contribution in [3.63, 3.8) is 0 Å². The molecule has 2 unspecified atom stereocenters. The predicted molar refractivity (Wildman–Crippen MR) is 112 cm³/mol. The Morgan fingerprint density at radius 2 is 2.00 bits per heavy atom. The van der Waals surface area contributed by atoms with Gasteiger partial charge in [-0.1, -0.05) is 43.3 Å². The minimum atomic E-state index is -0.929. The van der Waals surface area contributed by atoms with Crippen LogP contribution in [-0.2, 0) is 22.4 Å². The number of carbonyl (C=O) groups is 1. The summed E-state index contributed by atoms with van der Waals surface area (Å²) in [6, 6.07) is 8.22. The maximum Gasteiger partial charge on any atom is 0.329 e. The van der Waals surface area contributed by atoms with Gasteiger partial charge in [0.1, 0.15) is 6.61 Å². The standard InChI is InChI=1S/C24H34O5/c1-2-17-5-3-4-6-18(17)13-20(25)7-8-21-22-12-16(9-10-29-15-24(27)28)11-19(22)14-23(21)26/h3-8,16,19-23,25-26H,2,9-15H2,1H3,(H,27,28)/t16?,19-,20?,21-,22+,23-/m0/s1. The van der Waals surface area contributed by atoms with Gasteiger partial charge in [-0.05, 0) is 61.0 Å². The van der Waals surface area contributed by atoms with E-state index in [1.165, 1.54) is 11.1 Å². The molecule has 3 rings (SSSR count). The van der Waals surface area contributed by atoms with Crippen molar-refractivity contribution in [1.29, 1.82) is 0 Å². The van der Waals surface area contributed by atoms with Crippen molar-refractivity contribution in [3.8, 4) is 0 Å². The second-order valence-electron chi connectivity index (χ2n) is 8.66. The van der Waals surface area contributed by atoms with Gasteiger partial charge in [0.2, 0.25) is 0 Å². The van der Waals surface area contributed by atoms with Gasteiger partial charge in [0.25, 0.3) is 0 Å². The molecule has 1 aromatic rings. The van der Waals surface area contributed by atoms with Crippen LogP contribution in [0, 0.1) is 23.7 Å². The van der Waals surface area contributed by atoms with E-state index in [0.29, 0.717) is 30.8 Å². The number of hydrogen-bond acceptors (Lipinski definition) is 4. The SMILES string of the molecule is CCc1ccccc1CC(O)C=C[C@H]1[C@@H]2CC(CCOCC(=O)O)C[C@H]2C[C@@H]1O. The van der Waals surface area contributed by atoms with Crippen LogP contribution in [-0.4, -0.2) is 46.7 Å². The van der Waals surface area contributed by atoms with Crippen LogP contribution in [0.5, 0.6) is 0 Å². The summed E-state index contributed by atoms with van der Waals surface area (Å²) in [7, 11) is 0. The number of rotatable bonds is 10.